The summed E-state index contributed by atoms with van der Waals surface area (Å²) in [5.74, 6) is 0.760. The lowest BCUT2D eigenvalue weighted by Gasteiger charge is -2.17. The van der Waals surface area contributed by atoms with Gasteiger partial charge in [0.05, 0.1) is 19.6 Å². The summed E-state index contributed by atoms with van der Waals surface area (Å²) in [6.45, 7) is 2.16. The minimum absolute atomic E-state index is 0.0280. The fourth-order valence-corrected chi connectivity index (χ4v) is 2.05. The third-order valence-electron chi connectivity index (χ3n) is 3.32. The Hall–Kier alpha value is -2.89. The molecule has 0 radical (unpaired) electrons. The number of nitrogens with zero attached hydrogens (tertiary/aromatic N) is 2. The first kappa shape index (κ1) is 17.5. The van der Waals surface area contributed by atoms with Crippen molar-refractivity contribution in [1.82, 2.24) is 9.88 Å². The first-order valence-electron chi connectivity index (χ1n) is 7.69. The molecule has 2 rings (SSSR count). The van der Waals surface area contributed by atoms with Crippen LogP contribution >= 0.6 is 0 Å². The van der Waals surface area contributed by atoms with Crippen molar-refractivity contribution >= 4 is 17.6 Å². The van der Waals surface area contributed by atoms with Gasteiger partial charge in [0, 0.05) is 13.2 Å². The van der Waals surface area contributed by atoms with Gasteiger partial charge in [0.2, 0.25) is 11.8 Å². The van der Waals surface area contributed by atoms with Gasteiger partial charge in [-0.3, -0.25) is 9.59 Å². The van der Waals surface area contributed by atoms with E-state index in [1.807, 2.05) is 43.3 Å². The lowest BCUT2D eigenvalue weighted by Crippen LogP contribution is -2.35. The largest absolute Gasteiger partial charge is 0.493 e. The van der Waals surface area contributed by atoms with E-state index in [4.69, 9.17) is 4.74 Å². The predicted octanol–water partition coefficient (Wildman–Crippen LogP) is 2.26. The van der Waals surface area contributed by atoms with Crippen LogP contribution in [-0.4, -0.2) is 41.9 Å². The Morgan fingerprint density at radius 1 is 1.21 bits per heavy atom. The average Bonchev–Trinajstić information content (AvgIpc) is 2.55. The van der Waals surface area contributed by atoms with E-state index >= 15 is 0 Å². The molecule has 6 heteroatoms. The number of nitrogens with one attached hydrogen (secondary N) is 1. The molecular weight excluding hydrogens is 306 g/mol. The normalized spacial score (nSPS) is 10.1. The molecule has 24 heavy (non-hydrogen) atoms. The number of aryl methyl sites for hydroxylation is 1. The number of benzene rings is 1. The van der Waals surface area contributed by atoms with Crippen molar-refractivity contribution in [3.8, 4) is 5.75 Å². The molecule has 0 atom stereocenters. The molecule has 6 nitrogen and oxygen atoms in total. The van der Waals surface area contributed by atoms with Gasteiger partial charge in [-0.1, -0.05) is 18.2 Å². The summed E-state index contributed by atoms with van der Waals surface area (Å²) in [6, 6.07) is 12.9. The zero-order valence-corrected chi connectivity index (χ0v) is 13.9. The van der Waals surface area contributed by atoms with Crippen molar-refractivity contribution in [3.63, 3.8) is 0 Å². The van der Waals surface area contributed by atoms with Gasteiger partial charge in [-0.15, -0.1) is 0 Å². The van der Waals surface area contributed by atoms with E-state index in [2.05, 4.69) is 10.3 Å². The number of aromatic nitrogens is 1. The molecule has 2 amide bonds. The van der Waals surface area contributed by atoms with Gasteiger partial charge in [0.1, 0.15) is 11.6 Å². The van der Waals surface area contributed by atoms with Crippen LogP contribution < -0.4 is 10.1 Å². The number of anilines is 1. The smallest absolute Gasteiger partial charge is 0.245 e. The molecule has 1 N–H and O–H groups in total. The monoisotopic (exact) mass is 327 g/mol. The molecule has 0 fully saturated rings. The third kappa shape index (κ3) is 5.72. The minimum Gasteiger partial charge on any atom is -0.493 e. The van der Waals surface area contributed by atoms with E-state index in [9.17, 15) is 9.59 Å². The summed E-state index contributed by atoms with van der Waals surface area (Å²) in [6.07, 6.45) is 1.84. The highest BCUT2D eigenvalue weighted by Crippen LogP contribution is 2.09. The highest BCUT2D eigenvalue weighted by Gasteiger charge is 2.13. The second kappa shape index (κ2) is 8.67. The first-order chi connectivity index (χ1) is 11.5. The summed E-state index contributed by atoms with van der Waals surface area (Å²) in [7, 11) is 1.59. The molecule has 2 aromatic rings. The maximum atomic E-state index is 12.0. The van der Waals surface area contributed by atoms with E-state index in [0.717, 1.165) is 11.3 Å². The molecule has 0 saturated heterocycles. The van der Waals surface area contributed by atoms with Crippen LogP contribution in [0.1, 0.15) is 12.0 Å². The van der Waals surface area contributed by atoms with Crippen LogP contribution in [0.5, 0.6) is 5.75 Å². The number of hydrogen-bond donors (Lipinski definition) is 1. The molecule has 0 spiro atoms. The summed E-state index contributed by atoms with van der Waals surface area (Å²) in [5, 5.41) is 2.68. The van der Waals surface area contributed by atoms with Crippen molar-refractivity contribution in [3.05, 3.63) is 54.2 Å². The second-order valence-corrected chi connectivity index (χ2v) is 5.43. The molecule has 0 aliphatic heterocycles. The van der Waals surface area contributed by atoms with Crippen LogP contribution in [0, 0.1) is 6.92 Å². The van der Waals surface area contributed by atoms with Crippen LogP contribution in [0.15, 0.2) is 48.7 Å². The van der Waals surface area contributed by atoms with Crippen LogP contribution in [0.3, 0.4) is 0 Å². The van der Waals surface area contributed by atoms with Crippen LogP contribution in [0.25, 0.3) is 0 Å². The number of likely N-dealkylation sites (N-methyl/N-ethyl adjacent to an activating group) is 1. The zero-order chi connectivity index (χ0) is 17.4. The Kier molecular flexibility index (Phi) is 6.31. The van der Waals surface area contributed by atoms with Crippen molar-refractivity contribution in [2.24, 2.45) is 0 Å². The van der Waals surface area contributed by atoms with E-state index in [1.54, 1.807) is 19.3 Å². The molecular formula is C18H21N3O3. The second-order valence-electron chi connectivity index (χ2n) is 5.43. The molecule has 0 aliphatic carbocycles. The average molecular weight is 327 g/mol. The number of para-hydroxylation sites is 1. The fourth-order valence-electron chi connectivity index (χ4n) is 2.05. The van der Waals surface area contributed by atoms with E-state index in [-0.39, 0.29) is 31.4 Å². The number of carbonyl (C=O) groups is 2. The minimum atomic E-state index is -0.284. The highest BCUT2D eigenvalue weighted by molar-refractivity contribution is 5.93. The van der Waals surface area contributed by atoms with Crippen molar-refractivity contribution < 1.29 is 14.3 Å². The number of carbonyl (C=O) groups excluding carboxylic acids is 2. The Morgan fingerprint density at radius 2 is 1.96 bits per heavy atom. The third-order valence-corrected chi connectivity index (χ3v) is 3.32. The SMILES string of the molecule is Cc1ccnc(NC(=O)CN(C)C(=O)CCOc2ccccc2)c1. The Morgan fingerprint density at radius 3 is 2.67 bits per heavy atom. The van der Waals surface area contributed by atoms with Gasteiger partial charge in [-0.2, -0.15) is 0 Å². The molecule has 0 aliphatic rings. The number of pyridine rings is 1. The quantitative estimate of drug-likeness (QED) is 0.847. The number of hydrogen-bond acceptors (Lipinski definition) is 4. The lowest BCUT2D eigenvalue weighted by atomic mass is 10.3. The lowest BCUT2D eigenvalue weighted by molar-refractivity contribution is -0.133. The summed E-state index contributed by atoms with van der Waals surface area (Å²) in [5.41, 5.74) is 1.00. The van der Waals surface area contributed by atoms with Crippen molar-refractivity contribution in [2.45, 2.75) is 13.3 Å². The first-order valence-corrected chi connectivity index (χ1v) is 7.69. The Balaban J connectivity index is 1.73. The summed E-state index contributed by atoms with van der Waals surface area (Å²) >= 11 is 0. The van der Waals surface area contributed by atoms with E-state index < -0.39 is 0 Å². The number of ether oxygens (including phenoxy) is 1. The Bertz CT molecular complexity index is 689. The van der Waals surface area contributed by atoms with Crippen LogP contribution in [-0.2, 0) is 9.59 Å². The molecule has 1 aromatic heterocycles. The van der Waals surface area contributed by atoms with E-state index in [0.29, 0.717) is 5.82 Å². The predicted molar refractivity (Wildman–Crippen MR) is 91.8 cm³/mol. The Labute approximate surface area is 141 Å². The van der Waals surface area contributed by atoms with Gasteiger partial charge in [-0.05, 0) is 36.8 Å². The maximum absolute atomic E-state index is 12.0. The molecule has 0 unspecified atom stereocenters. The van der Waals surface area contributed by atoms with Crippen molar-refractivity contribution in [1.29, 1.82) is 0 Å². The topological polar surface area (TPSA) is 71.5 Å². The fraction of sp³-hybridized carbons (Fsp3) is 0.278. The molecule has 0 saturated carbocycles. The van der Waals surface area contributed by atoms with Gasteiger partial charge in [-0.25, -0.2) is 4.98 Å². The summed E-state index contributed by atoms with van der Waals surface area (Å²) < 4.78 is 5.48. The maximum Gasteiger partial charge on any atom is 0.245 e. The molecule has 1 aromatic carbocycles. The van der Waals surface area contributed by atoms with Gasteiger partial charge in [0.25, 0.3) is 0 Å². The van der Waals surface area contributed by atoms with Crippen LogP contribution in [0.2, 0.25) is 0 Å². The molecule has 126 valence electrons. The summed E-state index contributed by atoms with van der Waals surface area (Å²) in [4.78, 5) is 29.4. The van der Waals surface area contributed by atoms with Crippen molar-refractivity contribution in [2.75, 3.05) is 25.5 Å². The highest BCUT2D eigenvalue weighted by atomic mass is 16.5. The molecule has 0 bridgehead atoms. The zero-order valence-electron chi connectivity index (χ0n) is 13.9. The van der Waals surface area contributed by atoms with Gasteiger partial charge < -0.3 is 15.0 Å². The standard InChI is InChI=1S/C18H21N3O3/c1-14-8-10-19-16(12-14)20-17(22)13-21(2)18(23)9-11-24-15-6-4-3-5-7-15/h3-8,10,12H,9,11,13H2,1-2H3,(H,19,20,22). The van der Waals surface area contributed by atoms with E-state index in [1.165, 1.54) is 4.90 Å². The van der Waals surface area contributed by atoms with Gasteiger partial charge >= 0.3 is 0 Å². The number of amides is 2. The van der Waals surface area contributed by atoms with Crippen LogP contribution in [0.4, 0.5) is 5.82 Å². The molecule has 1 heterocycles. The number of rotatable bonds is 7. The van der Waals surface area contributed by atoms with Gasteiger partial charge in [0.15, 0.2) is 0 Å².